The van der Waals surface area contributed by atoms with E-state index >= 15 is 0 Å². The summed E-state index contributed by atoms with van der Waals surface area (Å²) in [6.07, 6.45) is 0. The molecule has 2 aromatic rings. The van der Waals surface area contributed by atoms with Crippen molar-refractivity contribution >= 4 is 59.9 Å². The molecule has 1 aromatic heterocycles. The van der Waals surface area contributed by atoms with Crippen LogP contribution < -0.4 is 0 Å². The van der Waals surface area contributed by atoms with Gasteiger partial charge in [0, 0.05) is 24.4 Å². The zero-order valence-electron chi connectivity index (χ0n) is 7.05. The summed E-state index contributed by atoms with van der Waals surface area (Å²) in [7, 11) is 0. The summed E-state index contributed by atoms with van der Waals surface area (Å²) < 4.78 is 2.36. The lowest BCUT2D eigenvalue weighted by Gasteiger charge is -1.99. The predicted octanol–water partition coefficient (Wildman–Crippen LogP) is 4.27. The van der Waals surface area contributed by atoms with E-state index in [9.17, 15) is 0 Å². The summed E-state index contributed by atoms with van der Waals surface area (Å²) in [6, 6.07) is 6.48. The van der Waals surface area contributed by atoms with E-state index in [-0.39, 0.29) is 0 Å². The Labute approximate surface area is 108 Å². The molecule has 0 aliphatic rings. The lowest BCUT2D eigenvalue weighted by atomic mass is 10.1. The molecule has 0 radical (unpaired) electrons. The van der Waals surface area contributed by atoms with Gasteiger partial charge in [0.15, 0.2) is 0 Å². The highest BCUT2D eigenvalue weighted by molar-refractivity contribution is 14.1. The van der Waals surface area contributed by atoms with Crippen LogP contribution in [0.4, 0.5) is 0 Å². The number of hydrogen-bond acceptors (Lipinski definition) is 2. The van der Waals surface area contributed by atoms with E-state index in [0.717, 1.165) is 19.8 Å². The zero-order valence-corrected chi connectivity index (χ0v) is 11.6. The molecule has 0 bridgehead atoms. The Kier molecular flexibility index (Phi) is 3.10. The molecule has 14 heavy (non-hydrogen) atoms. The molecule has 0 spiro atoms. The van der Waals surface area contributed by atoms with Crippen molar-refractivity contribution in [1.82, 2.24) is 0 Å². The lowest BCUT2D eigenvalue weighted by molar-refractivity contribution is 1.45. The molecule has 0 fully saturated rings. The highest BCUT2D eigenvalue weighted by Crippen LogP contribution is 2.31. The Balaban J connectivity index is 2.80. The second-order valence-electron chi connectivity index (χ2n) is 2.85. The third kappa shape index (κ3) is 1.69. The number of nitriles is 1. The quantitative estimate of drug-likeness (QED) is 0.537. The Morgan fingerprint density at radius 1 is 1.50 bits per heavy atom. The monoisotopic (exact) mass is 377 g/mol. The number of rotatable bonds is 1. The highest BCUT2D eigenvalue weighted by Gasteiger charge is 2.08. The molecular formula is C10H5BrINS. The van der Waals surface area contributed by atoms with Gasteiger partial charge in [0.1, 0.15) is 6.07 Å². The Bertz CT molecular complexity index is 527. The summed E-state index contributed by atoms with van der Waals surface area (Å²) >= 11 is 7.36. The first kappa shape index (κ1) is 10.4. The summed E-state index contributed by atoms with van der Waals surface area (Å²) in [6.45, 7) is 0. The van der Waals surface area contributed by atoms with E-state index in [0.29, 0.717) is 0 Å². The van der Waals surface area contributed by atoms with Crippen LogP contribution in [-0.4, -0.2) is 0 Å². The lowest BCUT2D eigenvalue weighted by Crippen LogP contribution is -1.81. The van der Waals surface area contributed by atoms with Gasteiger partial charge in [-0.1, -0.05) is 15.9 Å². The summed E-state index contributed by atoms with van der Waals surface area (Å²) in [5.74, 6) is 0. The van der Waals surface area contributed by atoms with E-state index in [1.807, 2.05) is 5.38 Å². The van der Waals surface area contributed by atoms with Gasteiger partial charge in [-0.2, -0.15) is 5.26 Å². The minimum Gasteiger partial charge on any atom is -0.192 e. The van der Waals surface area contributed by atoms with Crippen molar-refractivity contribution in [2.45, 2.75) is 5.33 Å². The fraction of sp³-hybridized carbons (Fsp3) is 0.100. The van der Waals surface area contributed by atoms with Gasteiger partial charge in [0.05, 0.1) is 5.56 Å². The van der Waals surface area contributed by atoms with Crippen LogP contribution in [0.1, 0.15) is 11.1 Å². The van der Waals surface area contributed by atoms with Gasteiger partial charge in [-0.05, 0) is 40.3 Å². The van der Waals surface area contributed by atoms with Crippen molar-refractivity contribution in [2.75, 3.05) is 0 Å². The topological polar surface area (TPSA) is 23.8 Å². The molecule has 0 amide bonds. The van der Waals surface area contributed by atoms with Crippen LogP contribution in [0.25, 0.3) is 10.1 Å². The van der Waals surface area contributed by atoms with Crippen molar-refractivity contribution in [2.24, 2.45) is 0 Å². The summed E-state index contributed by atoms with van der Waals surface area (Å²) in [5, 5.41) is 12.8. The first-order chi connectivity index (χ1) is 6.76. The standard InChI is InChI=1S/C10H5BrINS/c11-3-6-1-8(12)10-7(4-13)5-14-9(10)2-6/h1-2,5H,3H2. The van der Waals surface area contributed by atoms with E-state index in [1.165, 1.54) is 10.3 Å². The normalized spacial score (nSPS) is 10.4. The number of nitrogens with zero attached hydrogens (tertiary/aromatic N) is 1. The largest absolute Gasteiger partial charge is 0.192 e. The first-order valence-corrected chi connectivity index (χ1v) is 7.00. The predicted molar refractivity (Wildman–Crippen MR) is 71.9 cm³/mol. The summed E-state index contributed by atoms with van der Waals surface area (Å²) in [4.78, 5) is 0. The van der Waals surface area contributed by atoms with E-state index in [2.05, 4.69) is 56.7 Å². The van der Waals surface area contributed by atoms with Gasteiger partial charge in [0.2, 0.25) is 0 Å². The van der Waals surface area contributed by atoms with Crippen LogP contribution in [0.15, 0.2) is 17.5 Å². The molecular weight excluding hydrogens is 373 g/mol. The van der Waals surface area contributed by atoms with Crippen LogP contribution in [0.5, 0.6) is 0 Å². The molecule has 0 aliphatic carbocycles. The number of hydrogen-bond donors (Lipinski definition) is 0. The molecule has 1 aromatic carbocycles. The summed E-state index contributed by atoms with van der Waals surface area (Å²) in [5.41, 5.74) is 2.05. The second kappa shape index (κ2) is 4.17. The number of alkyl halides is 1. The number of halogens is 2. The molecule has 4 heteroatoms. The number of thiophene rings is 1. The average Bonchev–Trinajstić information content (AvgIpc) is 2.61. The third-order valence-electron chi connectivity index (χ3n) is 1.96. The molecule has 0 saturated heterocycles. The van der Waals surface area contributed by atoms with E-state index < -0.39 is 0 Å². The Morgan fingerprint density at radius 2 is 2.29 bits per heavy atom. The Hall–Kier alpha value is -0.120. The molecule has 0 aliphatic heterocycles. The minimum absolute atomic E-state index is 0.788. The molecule has 70 valence electrons. The smallest absolute Gasteiger partial charge is 0.101 e. The first-order valence-electron chi connectivity index (χ1n) is 3.92. The van der Waals surface area contributed by atoms with Crippen molar-refractivity contribution in [3.63, 3.8) is 0 Å². The van der Waals surface area contributed by atoms with Gasteiger partial charge >= 0.3 is 0 Å². The molecule has 0 N–H and O–H groups in total. The van der Waals surface area contributed by atoms with Gasteiger partial charge in [-0.15, -0.1) is 11.3 Å². The maximum atomic E-state index is 8.92. The van der Waals surface area contributed by atoms with Crippen LogP contribution in [0, 0.1) is 14.9 Å². The second-order valence-corrected chi connectivity index (χ2v) is 5.48. The maximum absolute atomic E-state index is 8.92. The number of benzene rings is 1. The van der Waals surface area contributed by atoms with E-state index in [1.54, 1.807) is 11.3 Å². The fourth-order valence-corrected chi connectivity index (χ4v) is 3.79. The SMILES string of the molecule is N#Cc1csc2cc(CBr)cc(I)c12. The third-order valence-corrected chi connectivity index (χ3v) is 4.39. The Morgan fingerprint density at radius 3 is 2.93 bits per heavy atom. The minimum atomic E-state index is 0.788. The fourth-order valence-electron chi connectivity index (χ4n) is 1.33. The molecule has 0 atom stereocenters. The van der Waals surface area contributed by atoms with Crippen LogP contribution in [0.2, 0.25) is 0 Å². The molecule has 0 unspecified atom stereocenters. The molecule has 0 saturated carbocycles. The van der Waals surface area contributed by atoms with Crippen LogP contribution in [-0.2, 0) is 5.33 Å². The highest BCUT2D eigenvalue weighted by atomic mass is 127. The molecule has 2 rings (SSSR count). The number of fused-ring (bicyclic) bond motifs is 1. The zero-order chi connectivity index (χ0) is 10.1. The van der Waals surface area contributed by atoms with Gasteiger partial charge in [0.25, 0.3) is 0 Å². The maximum Gasteiger partial charge on any atom is 0.101 e. The van der Waals surface area contributed by atoms with Gasteiger partial charge in [-0.3, -0.25) is 0 Å². The van der Waals surface area contributed by atoms with E-state index in [4.69, 9.17) is 5.26 Å². The van der Waals surface area contributed by atoms with Crippen molar-refractivity contribution in [1.29, 1.82) is 5.26 Å². The van der Waals surface area contributed by atoms with Gasteiger partial charge < -0.3 is 0 Å². The van der Waals surface area contributed by atoms with Crippen molar-refractivity contribution < 1.29 is 0 Å². The van der Waals surface area contributed by atoms with Crippen LogP contribution in [0.3, 0.4) is 0 Å². The molecule has 1 nitrogen and oxygen atoms in total. The van der Waals surface area contributed by atoms with Gasteiger partial charge in [-0.25, -0.2) is 0 Å². The van der Waals surface area contributed by atoms with Crippen LogP contribution >= 0.6 is 49.9 Å². The van der Waals surface area contributed by atoms with Crippen molar-refractivity contribution in [3.05, 3.63) is 32.2 Å². The van der Waals surface area contributed by atoms with Crippen molar-refractivity contribution in [3.8, 4) is 6.07 Å². The average molecular weight is 378 g/mol. The molecule has 1 heterocycles.